The van der Waals surface area contributed by atoms with Crippen LogP contribution in [-0.2, 0) is 0 Å². The SMILES string of the molecule is Cc1cc(NCC(F)(F)F)ncc1Br. The summed E-state index contributed by atoms with van der Waals surface area (Å²) in [5, 5.41) is 2.20. The minimum atomic E-state index is -4.22. The van der Waals surface area contributed by atoms with Gasteiger partial charge in [-0.2, -0.15) is 13.2 Å². The summed E-state index contributed by atoms with van der Waals surface area (Å²) in [6.07, 6.45) is -2.75. The number of nitrogens with zero attached hydrogens (tertiary/aromatic N) is 1. The summed E-state index contributed by atoms with van der Waals surface area (Å²) in [6.45, 7) is 0.714. The zero-order valence-electron chi connectivity index (χ0n) is 7.32. The van der Waals surface area contributed by atoms with Crippen molar-refractivity contribution in [1.82, 2.24) is 4.98 Å². The number of aryl methyl sites for hydroxylation is 1. The number of hydrogen-bond donors (Lipinski definition) is 1. The molecule has 0 bridgehead atoms. The van der Waals surface area contributed by atoms with Crippen LogP contribution in [0.5, 0.6) is 0 Å². The predicted octanol–water partition coefficient (Wildman–Crippen LogP) is 3.13. The number of hydrogen-bond acceptors (Lipinski definition) is 2. The minimum absolute atomic E-state index is 0.225. The fraction of sp³-hybridized carbons (Fsp3) is 0.375. The van der Waals surface area contributed by atoms with Gasteiger partial charge in [-0.15, -0.1) is 0 Å². The van der Waals surface area contributed by atoms with Gasteiger partial charge >= 0.3 is 6.18 Å². The first-order valence-electron chi connectivity index (χ1n) is 3.81. The lowest BCUT2D eigenvalue weighted by Gasteiger charge is -2.09. The monoisotopic (exact) mass is 268 g/mol. The third-order valence-electron chi connectivity index (χ3n) is 1.52. The van der Waals surface area contributed by atoms with Crippen LogP contribution in [0.25, 0.3) is 0 Å². The van der Waals surface area contributed by atoms with Crippen molar-refractivity contribution in [2.24, 2.45) is 0 Å². The van der Waals surface area contributed by atoms with E-state index in [4.69, 9.17) is 0 Å². The number of alkyl halides is 3. The van der Waals surface area contributed by atoms with E-state index in [0.29, 0.717) is 0 Å². The molecule has 1 N–H and O–H groups in total. The molecule has 1 aromatic heterocycles. The molecule has 6 heteroatoms. The van der Waals surface area contributed by atoms with Crippen molar-refractivity contribution in [2.45, 2.75) is 13.1 Å². The fourth-order valence-electron chi connectivity index (χ4n) is 0.827. The Morgan fingerprint density at radius 3 is 2.64 bits per heavy atom. The Hall–Kier alpha value is -0.780. The Morgan fingerprint density at radius 1 is 1.50 bits per heavy atom. The zero-order valence-corrected chi connectivity index (χ0v) is 8.91. The summed E-state index contributed by atoms with van der Waals surface area (Å²) >= 11 is 3.21. The molecule has 0 saturated carbocycles. The van der Waals surface area contributed by atoms with Crippen LogP contribution in [0.4, 0.5) is 19.0 Å². The van der Waals surface area contributed by atoms with Gasteiger partial charge in [0, 0.05) is 10.7 Å². The van der Waals surface area contributed by atoms with Crippen LogP contribution in [0, 0.1) is 6.92 Å². The molecule has 0 atom stereocenters. The van der Waals surface area contributed by atoms with Gasteiger partial charge in [-0.3, -0.25) is 0 Å². The predicted molar refractivity (Wildman–Crippen MR) is 51.2 cm³/mol. The van der Waals surface area contributed by atoms with E-state index in [1.807, 2.05) is 0 Å². The van der Waals surface area contributed by atoms with Crippen LogP contribution >= 0.6 is 15.9 Å². The highest BCUT2D eigenvalue weighted by Gasteiger charge is 2.26. The molecule has 0 saturated heterocycles. The normalized spacial score (nSPS) is 11.5. The molecule has 0 aliphatic rings. The van der Waals surface area contributed by atoms with Crippen molar-refractivity contribution in [3.05, 3.63) is 22.3 Å². The average molecular weight is 269 g/mol. The molecule has 0 aliphatic carbocycles. The van der Waals surface area contributed by atoms with Gasteiger partial charge in [0.15, 0.2) is 0 Å². The molecule has 1 heterocycles. The molecule has 14 heavy (non-hydrogen) atoms. The molecule has 0 fully saturated rings. The summed E-state index contributed by atoms with van der Waals surface area (Å²) in [5.74, 6) is 0.225. The number of nitrogens with one attached hydrogen (secondary N) is 1. The van der Waals surface area contributed by atoms with Gasteiger partial charge < -0.3 is 5.32 Å². The molecule has 1 rings (SSSR count). The third-order valence-corrected chi connectivity index (χ3v) is 2.35. The Morgan fingerprint density at radius 2 is 2.14 bits per heavy atom. The van der Waals surface area contributed by atoms with Crippen LogP contribution in [0.2, 0.25) is 0 Å². The van der Waals surface area contributed by atoms with Gasteiger partial charge in [-0.1, -0.05) is 0 Å². The maximum atomic E-state index is 11.8. The molecule has 1 aromatic rings. The first-order chi connectivity index (χ1) is 6.38. The second kappa shape index (κ2) is 4.16. The van der Waals surface area contributed by atoms with Gasteiger partial charge in [0.1, 0.15) is 12.4 Å². The van der Waals surface area contributed by atoms with E-state index in [0.717, 1.165) is 10.0 Å². The molecule has 78 valence electrons. The standard InChI is InChI=1S/C8H8BrF3N2/c1-5-2-7(13-3-6(5)9)14-4-8(10,11)12/h2-3H,4H2,1H3,(H,13,14). The molecule has 0 spiro atoms. The highest BCUT2D eigenvalue weighted by molar-refractivity contribution is 9.10. The van der Waals surface area contributed by atoms with E-state index in [1.54, 1.807) is 13.0 Å². The van der Waals surface area contributed by atoms with Crippen LogP contribution in [0.15, 0.2) is 16.7 Å². The van der Waals surface area contributed by atoms with E-state index in [9.17, 15) is 13.2 Å². The van der Waals surface area contributed by atoms with Crippen LogP contribution in [0.1, 0.15) is 5.56 Å². The first kappa shape index (κ1) is 11.3. The van der Waals surface area contributed by atoms with Crippen LogP contribution in [-0.4, -0.2) is 17.7 Å². The van der Waals surface area contributed by atoms with E-state index in [1.165, 1.54) is 6.20 Å². The van der Waals surface area contributed by atoms with E-state index >= 15 is 0 Å². The average Bonchev–Trinajstić information content (AvgIpc) is 2.06. The molecule has 0 radical (unpaired) electrons. The zero-order chi connectivity index (χ0) is 10.8. The van der Waals surface area contributed by atoms with Gasteiger partial charge in [0.25, 0.3) is 0 Å². The van der Waals surface area contributed by atoms with Crippen molar-refractivity contribution in [1.29, 1.82) is 0 Å². The molecule has 0 aliphatic heterocycles. The maximum absolute atomic E-state index is 11.8. The van der Waals surface area contributed by atoms with Gasteiger partial charge in [0.2, 0.25) is 0 Å². The number of aromatic nitrogens is 1. The highest BCUT2D eigenvalue weighted by atomic mass is 79.9. The van der Waals surface area contributed by atoms with Gasteiger partial charge in [-0.05, 0) is 34.5 Å². The van der Waals surface area contributed by atoms with Crippen LogP contribution < -0.4 is 5.32 Å². The second-order valence-electron chi connectivity index (χ2n) is 2.79. The lowest BCUT2D eigenvalue weighted by atomic mass is 10.3. The summed E-state index contributed by atoms with van der Waals surface area (Å²) in [5.41, 5.74) is 0.838. The topological polar surface area (TPSA) is 24.9 Å². The molecule has 0 amide bonds. The molecule has 0 unspecified atom stereocenters. The van der Waals surface area contributed by atoms with Crippen molar-refractivity contribution >= 4 is 21.7 Å². The maximum Gasteiger partial charge on any atom is 0.405 e. The van der Waals surface area contributed by atoms with Gasteiger partial charge in [-0.25, -0.2) is 4.98 Å². The Balaban J connectivity index is 2.65. The molecular formula is C8H8BrF3N2. The van der Waals surface area contributed by atoms with Crippen molar-refractivity contribution in [3.63, 3.8) is 0 Å². The van der Waals surface area contributed by atoms with Gasteiger partial charge in [0.05, 0.1) is 0 Å². The Bertz CT molecular complexity index is 325. The quantitative estimate of drug-likeness (QED) is 0.892. The molecular weight excluding hydrogens is 261 g/mol. The summed E-state index contributed by atoms with van der Waals surface area (Å²) in [4.78, 5) is 3.78. The minimum Gasteiger partial charge on any atom is -0.361 e. The Labute approximate surface area is 87.7 Å². The van der Waals surface area contributed by atoms with Crippen molar-refractivity contribution in [3.8, 4) is 0 Å². The lowest BCUT2D eigenvalue weighted by molar-refractivity contribution is -0.115. The smallest absolute Gasteiger partial charge is 0.361 e. The number of halogens is 4. The second-order valence-corrected chi connectivity index (χ2v) is 3.64. The van der Waals surface area contributed by atoms with E-state index in [2.05, 4.69) is 26.2 Å². The fourth-order valence-corrected chi connectivity index (χ4v) is 1.04. The number of pyridine rings is 1. The first-order valence-corrected chi connectivity index (χ1v) is 4.60. The molecule has 0 aromatic carbocycles. The largest absolute Gasteiger partial charge is 0.405 e. The van der Waals surface area contributed by atoms with E-state index < -0.39 is 12.7 Å². The summed E-state index contributed by atoms with van der Waals surface area (Å²) < 4.78 is 36.2. The third kappa shape index (κ3) is 3.53. The van der Waals surface area contributed by atoms with Crippen molar-refractivity contribution < 1.29 is 13.2 Å². The summed E-state index contributed by atoms with van der Waals surface area (Å²) in [6, 6.07) is 1.55. The number of rotatable bonds is 2. The lowest BCUT2D eigenvalue weighted by Crippen LogP contribution is -2.21. The number of anilines is 1. The van der Waals surface area contributed by atoms with Crippen LogP contribution in [0.3, 0.4) is 0 Å². The molecule has 2 nitrogen and oxygen atoms in total. The van der Waals surface area contributed by atoms with Crippen molar-refractivity contribution in [2.75, 3.05) is 11.9 Å². The Kier molecular flexibility index (Phi) is 3.36. The summed E-state index contributed by atoms with van der Waals surface area (Å²) in [7, 11) is 0. The van der Waals surface area contributed by atoms with E-state index in [-0.39, 0.29) is 5.82 Å². The highest BCUT2D eigenvalue weighted by Crippen LogP contribution is 2.19.